The van der Waals surface area contributed by atoms with Crippen molar-refractivity contribution < 1.29 is 13.6 Å². The van der Waals surface area contributed by atoms with Crippen molar-refractivity contribution in [2.75, 3.05) is 37.6 Å². The first-order valence-corrected chi connectivity index (χ1v) is 11.4. The Bertz CT molecular complexity index is 1280. The quantitative estimate of drug-likeness (QED) is 0.455. The molecule has 0 aliphatic carbocycles. The zero-order chi connectivity index (χ0) is 22.9. The molecule has 0 spiro atoms. The number of hydrogen-bond acceptors (Lipinski definition) is 8. The van der Waals surface area contributed by atoms with Gasteiger partial charge in [-0.1, -0.05) is 18.2 Å². The molecule has 172 valence electrons. The zero-order valence-corrected chi connectivity index (χ0v) is 18.6. The summed E-state index contributed by atoms with van der Waals surface area (Å²) in [5.41, 5.74) is 1.55. The fourth-order valence-electron chi connectivity index (χ4n) is 4.54. The number of nitrogens with zero attached hydrogens (tertiary/aromatic N) is 6. The normalized spacial score (nSPS) is 19.1. The SMILES string of the molecule is O=C(CN1CCN(c2ncccn2)CC1)N1N=C(c2cc3ccccc3o2)CC1c1ccco1. The summed E-state index contributed by atoms with van der Waals surface area (Å²) in [6, 6.07) is 15.1. The Balaban J connectivity index is 1.18. The molecule has 0 N–H and O–H groups in total. The van der Waals surface area contributed by atoms with Gasteiger partial charge in [0, 0.05) is 50.4 Å². The van der Waals surface area contributed by atoms with Crippen LogP contribution in [0, 0.1) is 0 Å². The summed E-state index contributed by atoms with van der Waals surface area (Å²) >= 11 is 0. The number of rotatable bonds is 5. The second-order valence-corrected chi connectivity index (χ2v) is 8.48. The van der Waals surface area contributed by atoms with Gasteiger partial charge in [0.2, 0.25) is 5.95 Å². The van der Waals surface area contributed by atoms with E-state index < -0.39 is 0 Å². The Morgan fingerprint density at radius 2 is 1.82 bits per heavy atom. The number of amides is 1. The lowest BCUT2D eigenvalue weighted by Gasteiger charge is -2.34. The monoisotopic (exact) mass is 456 g/mol. The van der Waals surface area contributed by atoms with Gasteiger partial charge in [0.05, 0.1) is 12.8 Å². The molecule has 1 saturated heterocycles. The average Bonchev–Trinajstić information content (AvgIpc) is 3.64. The van der Waals surface area contributed by atoms with E-state index in [9.17, 15) is 4.79 Å². The summed E-state index contributed by atoms with van der Waals surface area (Å²) in [6.45, 7) is 3.34. The third kappa shape index (κ3) is 3.94. The molecule has 1 unspecified atom stereocenters. The fourth-order valence-corrected chi connectivity index (χ4v) is 4.54. The lowest BCUT2D eigenvalue weighted by Crippen LogP contribution is -2.50. The lowest BCUT2D eigenvalue weighted by atomic mass is 10.1. The molecule has 0 saturated carbocycles. The van der Waals surface area contributed by atoms with Crippen LogP contribution in [0.1, 0.15) is 24.0 Å². The Kier molecular flexibility index (Phi) is 5.31. The molecule has 0 bridgehead atoms. The van der Waals surface area contributed by atoms with Gasteiger partial charge in [-0.2, -0.15) is 5.10 Å². The molecule has 2 aliphatic heterocycles. The number of piperazine rings is 1. The van der Waals surface area contributed by atoms with E-state index >= 15 is 0 Å². The molecule has 9 heteroatoms. The highest BCUT2D eigenvalue weighted by Gasteiger charge is 2.36. The van der Waals surface area contributed by atoms with Crippen LogP contribution in [0.4, 0.5) is 5.95 Å². The second kappa shape index (κ2) is 8.75. The molecule has 1 amide bonds. The van der Waals surface area contributed by atoms with E-state index in [-0.39, 0.29) is 18.5 Å². The Morgan fingerprint density at radius 1 is 1.00 bits per heavy atom. The number of anilines is 1. The van der Waals surface area contributed by atoms with E-state index in [1.165, 1.54) is 0 Å². The predicted molar refractivity (Wildman–Crippen MR) is 126 cm³/mol. The fraction of sp³-hybridized carbons (Fsp3) is 0.280. The smallest absolute Gasteiger partial charge is 0.257 e. The first-order valence-electron chi connectivity index (χ1n) is 11.4. The van der Waals surface area contributed by atoms with E-state index in [1.54, 1.807) is 23.7 Å². The lowest BCUT2D eigenvalue weighted by molar-refractivity contribution is -0.134. The first-order chi connectivity index (χ1) is 16.7. The van der Waals surface area contributed by atoms with E-state index in [4.69, 9.17) is 13.9 Å². The highest BCUT2D eigenvalue weighted by molar-refractivity contribution is 6.03. The number of carbonyl (C=O) groups excluding carboxylic acids is 1. The first kappa shape index (κ1) is 20.6. The van der Waals surface area contributed by atoms with Gasteiger partial charge in [0.25, 0.3) is 5.91 Å². The third-order valence-electron chi connectivity index (χ3n) is 6.31. The number of carbonyl (C=O) groups is 1. The molecule has 5 heterocycles. The summed E-state index contributed by atoms with van der Waals surface area (Å²) in [6.07, 6.45) is 5.66. The Morgan fingerprint density at radius 3 is 2.59 bits per heavy atom. The van der Waals surface area contributed by atoms with Crippen LogP contribution in [-0.2, 0) is 4.79 Å². The molecule has 3 aromatic heterocycles. The highest BCUT2D eigenvalue weighted by atomic mass is 16.3. The number of fused-ring (bicyclic) bond motifs is 1. The van der Waals surface area contributed by atoms with Crippen molar-refractivity contribution in [3.05, 3.63) is 78.7 Å². The van der Waals surface area contributed by atoms with E-state index in [0.717, 1.165) is 48.8 Å². The van der Waals surface area contributed by atoms with E-state index in [2.05, 4.69) is 19.8 Å². The van der Waals surface area contributed by atoms with Crippen molar-refractivity contribution in [2.24, 2.45) is 5.10 Å². The highest BCUT2D eigenvalue weighted by Crippen LogP contribution is 2.34. The number of hydrogen-bond donors (Lipinski definition) is 0. The standard InChI is InChI=1S/C25H24N6O3/c32-24(17-29-10-12-30(13-11-29)25-26-8-4-9-27-25)31-20(22-7-3-14-33-22)16-19(28-31)23-15-18-5-1-2-6-21(18)34-23/h1-9,14-15,20H,10-13,16-17H2. The largest absolute Gasteiger partial charge is 0.467 e. The molecule has 6 rings (SSSR count). The molecular weight excluding hydrogens is 432 g/mol. The van der Waals surface area contributed by atoms with Crippen molar-refractivity contribution in [3.63, 3.8) is 0 Å². The molecule has 9 nitrogen and oxygen atoms in total. The second-order valence-electron chi connectivity index (χ2n) is 8.48. The van der Waals surface area contributed by atoms with Crippen molar-refractivity contribution in [1.82, 2.24) is 19.9 Å². The molecule has 2 aliphatic rings. The number of benzene rings is 1. The van der Waals surface area contributed by atoms with Crippen molar-refractivity contribution in [3.8, 4) is 0 Å². The summed E-state index contributed by atoms with van der Waals surface area (Å²) in [4.78, 5) is 26.3. The number of furan rings is 2. The van der Waals surface area contributed by atoms with Crippen LogP contribution in [0.5, 0.6) is 0 Å². The van der Waals surface area contributed by atoms with Gasteiger partial charge >= 0.3 is 0 Å². The van der Waals surface area contributed by atoms with Crippen LogP contribution in [0.2, 0.25) is 0 Å². The van der Waals surface area contributed by atoms with Crippen LogP contribution >= 0.6 is 0 Å². The minimum absolute atomic E-state index is 0.0584. The maximum Gasteiger partial charge on any atom is 0.257 e. The van der Waals surface area contributed by atoms with Gasteiger partial charge < -0.3 is 13.7 Å². The Hall–Kier alpha value is -3.98. The van der Waals surface area contributed by atoms with Gasteiger partial charge in [-0.3, -0.25) is 9.69 Å². The van der Waals surface area contributed by atoms with Crippen LogP contribution in [-0.4, -0.2) is 64.2 Å². The van der Waals surface area contributed by atoms with Gasteiger partial charge in [-0.05, 0) is 30.3 Å². The van der Waals surface area contributed by atoms with Gasteiger partial charge in [-0.25, -0.2) is 15.0 Å². The van der Waals surface area contributed by atoms with Gasteiger partial charge in [-0.15, -0.1) is 0 Å². The molecule has 1 fully saturated rings. The topological polar surface area (TPSA) is 91.2 Å². The van der Waals surface area contributed by atoms with Crippen LogP contribution in [0.3, 0.4) is 0 Å². The molecule has 1 aromatic carbocycles. The van der Waals surface area contributed by atoms with Crippen LogP contribution in [0.15, 0.2) is 81.1 Å². The zero-order valence-electron chi connectivity index (χ0n) is 18.6. The maximum atomic E-state index is 13.4. The summed E-state index contributed by atoms with van der Waals surface area (Å²) in [5, 5.41) is 7.29. The van der Waals surface area contributed by atoms with Gasteiger partial charge in [0.1, 0.15) is 23.1 Å². The van der Waals surface area contributed by atoms with Crippen LogP contribution < -0.4 is 4.90 Å². The molecular formula is C25H24N6O3. The predicted octanol–water partition coefficient (Wildman–Crippen LogP) is 3.32. The van der Waals surface area contributed by atoms with Crippen LogP contribution in [0.25, 0.3) is 11.0 Å². The molecule has 0 radical (unpaired) electrons. The molecule has 34 heavy (non-hydrogen) atoms. The summed E-state index contributed by atoms with van der Waals surface area (Å²) < 4.78 is 11.7. The van der Waals surface area contributed by atoms with Gasteiger partial charge in [0.15, 0.2) is 5.76 Å². The third-order valence-corrected chi connectivity index (χ3v) is 6.31. The number of para-hydroxylation sites is 1. The number of hydrazone groups is 1. The minimum Gasteiger partial charge on any atom is -0.467 e. The van der Waals surface area contributed by atoms with E-state index in [1.807, 2.05) is 48.5 Å². The average molecular weight is 457 g/mol. The summed E-state index contributed by atoms with van der Waals surface area (Å²) in [7, 11) is 0. The molecule has 4 aromatic rings. The minimum atomic E-state index is -0.287. The molecule has 1 atom stereocenters. The van der Waals surface area contributed by atoms with Crippen molar-refractivity contribution >= 4 is 28.5 Å². The van der Waals surface area contributed by atoms with Crippen molar-refractivity contribution in [2.45, 2.75) is 12.5 Å². The summed E-state index contributed by atoms with van der Waals surface area (Å²) in [5.74, 6) is 2.07. The van der Waals surface area contributed by atoms with E-state index in [0.29, 0.717) is 17.9 Å². The Labute approximate surface area is 196 Å². The van der Waals surface area contributed by atoms with Crippen molar-refractivity contribution in [1.29, 1.82) is 0 Å². The number of aromatic nitrogens is 2. The maximum absolute atomic E-state index is 13.4.